The number of benzene rings is 3. The van der Waals surface area contributed by atoms with Crippen LogP contribution in [0.15, 0.2) is 70.7 Å². The molecular formula is C28H32ClN3O5S. The fraction of sp³-hybridized carbons (Fsp3) is 0.286. The smallest absolute Gasteiger partial charge is 0.264 e. The standard InChI is InChI=1S/C28H32ClN3O5S/c1-5-16-37-26-15-12-22(17-27(26)36-6-2)18-30-31-28(33)19-32(25-9-7-8-24(29)21(25)4)38(34,35)23-13-10-20(3)11-14-23/h7-15,17-18H,5-6,16,19H2,1-4H3,(H,31,33)/b30-18-. The molecule has 0 unspecified atom stereocenters. The van der Waals surface area contributed by atoms with E-state index in [0.717, 1.165) is 16.3 Å². The van der Waals surface area contributed by atoms with Gasteiger partial charge in [-0.05, 0) is 80.8 Å². The molecule has 0 aliphatic heterocycles. The highest BCUT2D eigenvalue weighted by molar-refractivity contribution is 7.92. The minimum Gasteiger partial charge on any atom is -0.490 e. The number of nitrogens with one attached hydrogen (secondary N) is 1. The van der Waals surface area contributed by atoms with Crippen LogP contribution in [0.3, 0.4) is 0 Å². The van der Waals surface area contributed by atoms with Gasteiger partial charge in [0.1, 0.15) is 6.54 Å². The molecule has 202 valence electrons. The second-order valence-corrected chi connectivity index (χ2v) is 10.8. The van der Waals surface area contributed by atoms with Gasteiger partial charge in [0, 0.05) is 5.02 Å². The molecule has 3 aromatic rings. The van der Waals surface area contributed by atoms with Crippen LogP contribution < -0.4 is 19.2 Å². The van der Waals surface area contributed by atoms with Gasteiger partial charge in [0.05, 0.1) is 30.0 Å². The Morgan fingerprint density at radius 1 is 1.03 bits per heavy atom. The topological polar surface area (TPSA) is 97.3 Å². The van der Waals surface area contributed by atoms with E-state index in [9.17, 15) is 13.2 Å². The molecule has 0 bridgehead atoms. The van der Waals surface area contributed by atoms with Crippen LogP contribution in [0.4, 0.5) is 5.69 Å². The highest BCUT2D eigenvalue weighted by Crippen LogP contribution is 2.31. The van der Waals surface area contributed by atoms with Gasteiger partial charge in [-0.25, -0.2) is 13.8 Å². The zero-order valence-corrected chi connectivity index (χ0v) is 23.5. The zero-order valence-electron chi connectivity index (χ0n) is 21.9. The van der Waals surface area contributed by atoms with Crippen molar-refractivity contribution in [3.8, 4) is 11.5 Å². The number of sulfonamides is 1. The third-order valence-electron chi connectivity index (χ3n) is 5.54. The van der Waals surface area contributed by atoms with Crippen LogP contribution in [0.5, 0.6) is 11.5 Å². The minimum atomic E-state index is -4.08. The van der Waals surface area contributed by atoms with E-state index in [2.05, 4.69) is 10.5 Å². The van der Waals surface area contributed by atoms with Crippen molar-refractivity contribution in [3.63, 3.8) is 0 Å². The lowest BCUT2D eigenvalue weighted by Crippen LogP contribution is -2.40. The number of carbonyl (C=O) groups is 1. The molecule has 0 aromatic heterocycles. The number of carbonyl (C=O) groups excluding carboxylic acids is 1. The van der Waals surface area contributed by atoms with Gasteiger partial charge in [-0.2, -0.15) is 5.10 Å². The van der Waals surface area contributed by atoms with E-state index >= 15 is 0 Å². The number of anilines is 1. The Bertz CT molecular complexity index is 1390. The molecule has 3 rings (SSSR count). The van der Waals surface area contributed by atoms with Crippen LogP contribution >= 0.6 is 11.6 Å². The first-order valence-corrected chi connectivity index (χ1v) is 14.0. The largest absolute Gasteiger partial charge is 0.490 e. The summed E-state index contributed by atoms with van der Waals surface area (Å²) in [6.45, 7) is 8.00. The molecule has 0 aliphatic carbocycles. The predicted octanol–water partition coefficient (Wildman–Crippen LogP) is 5.49. The second-order valence-electron chi connectivity index (χ2n) is 8.49. The molecule has 0 fully saturated rings. The lowest BCUT2D eigenvalue weighted by Gasteiger charge is -2.25. The van der Waals surface area contributed by atoms with Crippen LogP contribution in [0.25, 0.3) is 0 Å². The van der Waals surface area contributed by atoms with Crippen LogP contribution in [0, 0.1) is 13.8 Å². The maximum absolute atomic E-state index is 13.6. The molecule has 0 saturated carbocycles. The molecule has 3 aromatic carbocycles. The molecule has 0 saturated heterocycles. The summed E-state index contributed by atoms with van der Waals surface area (Å²) in [6.07, 6.45) is 2.32. The number of halogens is 1. The summed E-state index contributed by atoms with van der Waals surface area (Å²) in [4.78, 5) is 12.9. The number of amides is 1. The van der Waals surface area contributed by atoms with Crippen LogP contribution in [0.2, 0.25) is 5.02 Å². The second kappa shape index (κ2) is 13.3. The van der Waals surface area contributed by atoms with Crippen LogP contribution in [0.1, 0.15) is 37.0 Å². The number of hydrogen-bond donors (Lipinski definition) is 1. The van der Waals surface area contributed by atoms with Crippen molar-refractivity contribution in [1.29, 1.82) is 0 Å². The van der Waals surface area contributed by atoms with Gasteiger partial charge in [0.2, 0.25) is 0 Å². The number of hydrazone groups is 1. The minimum absolute atomic E-state index is 0.0626. The summed E-state index contributed by atoms with van der Waals surface area (Å²) in [6, 6.07) is 16.7. The van der Waals surface area contributed by atoms with E-state index in [-0.39, 0.29) is 4.90 Å². The third-order valence-corrected chi connectivity index (χ3v) is 7.72. The average molecular weight is 558 g/mol. The Morgan fingerprint density at radius 2 is 1.76 bits per heavy atom. The molecular weight excluding hydrogens is 526 g/mol. The van der Waals surface area contributed by atoms with Crippen molar-refractivity contribution >= 4 is 39.4 Å². The van der Waals surface area contributed by atoms with Crippen molar-refractivity contribution < 1.29 is 22.7 Å². The summed E-state index contributed by atoms with van der Waals surface area (Å²) in [7, 11) is -4.08. The van der Waals surface area contributed by atoms with Crippen molar-refractivity contribution in [2.45, 2.75) is 39.0 Å². The normalized spacial score (nSPS) is 11.4. The number of rotatable bonds is 12. The SMILES string of the molecule is CCCOc1ccc(/C=N\NC(=O)CN(c2cccc(Cl)c2C)S(=O)(=O)c2ccc(C)cc2)cc1OCC. The summed E-state index contributed by atoms with van der Waals surface area (Å²) >= 11 is 6.27. The van der Waals surface area contributed by atoms with Gasteiger partial charge in [-0.1, -0.05) is 42.3 Å². The molecule has 1 amide bonds. The molecule has 0 atom stereocenters. The Kier molecular flexibility index (Phi) is 10.2. The Balaban J connectivity index is 1.83. The fourth-order valence-electron chi connectivity index (χ4n) is 3.55. The van der Waals surface area contributed by atoms with Crippen LogP contribution in [-0.2, 0) is 14.8 Å². The number of aryl methyl sites for hydroxylation is 1. The van der Waals surface area contributed by atoms with E-state index in [0.29, 0.717) is 46.5 Å². The Labute approximate surface area is 229 Å². The van der Waals surface area contributed by atoms with E-state index in [1.54, 1.807) is 55.5 Å². The van der Waals surface area contributed by atoms with Gasteiger partial charge in [-0.3, -0.25) is 9.10 Å². The molecule has 0 aliphatic rings. The highest BCUT2D eigenvalue weighted by Gasteiger charge is 2.28. The summed E-state index contributed by atoms with van der Waals surface area (Å²) in [5.74, 6) is 0.580. The van der Waals surface area contributed by atoms with Crippen molar-refractivity contribution in [3.05, 3.63) is 82.4 Å². The lowest BCUT2D eigenvalue weighted by molar-refractivity contribution is -0.119. The molecule has 38 heavy (non-hydrogen) atoms. The predicted molar refractivity (Wildman–Crippen MR) is 151 cm³/mol. The van der Waals surface area contributed by atoms with E-state index in [1.807, 2.05) is 20.8 Å². The van der Waals surface area contributed by atoms with Crippen LogP contribution in [-0.4, -0.2) is 40.3 Å². The Morgan fingerprint density at radius 3 is 2.45 bits per heavy atom. The Hall–Kier alpha value is -3.56. The van der Waals surface area contributed by atoms with E-state index in [1.165, 1.54) is 18.3 Å². The molecule has 0 radical (unpaired) electrons. The summed E-state index contributed by atoms with van der Waals surface area (Å²) < 4.78 is 39.6. The van der Waals surface area contributed by atoms with Gasteiger partial charge in [-0.15, -0.1) is 0 Å². The van der Waals surface area contributed by atoms with Gasteiger partial charge >= 0.3 is 0 Å². The number of nitrogens with zero attached hydrogens (tertiary/aromatic N) is 2. The van der Waals surface area contributed by atoms with Gasteiger partial charge in [0.25, 0.3) is 15.9 Å². The maximum atomic E-state index is 13.6. The summed E-state index contributed by atoms with van der Waals surface area (Å²) in [5, 5.41) is 4.41. The first-order chi connectivity index (χ1) is 18.2. The quantitative estimate of drug-likeness (QED) is 0.234. The summed E-state index contributed by atoms with van der Waals surface area (Å²) in [5.41, 5.74) is 4.85. The number of hydrogen-bond acceptors (Lipinski definition) is 6. The first kappa shape index (κ1) is 29.0. The molecule has 0 spiro atoms. The number of ether oxygens (including phenoxy) is 2. The third kappa shape index (κ3) is 7.26. The average Bonchev–Trinajstić information content (AvgIpc) is 2.89. The lowest BCUT2D eigenvalue weighted by atomic mass is 10.2. The van der Waals surface area contributed by atoms with Crippen molar-refractivity contribution in [2.24, 2.45) is 5.10 Å². The van der Waals surface area contributed by atoms with E-state index < -0.39 is 22.5 Å². The first-order valence-electron chi connectivity index (χ1n) is 12.2. The van der Waals surface area contributed by atoms with E-state index in [4.69, 9.17) is 21.1 Å². The molecule has 1 N–H and O–H groups in total. The van der Waals surface area contributed by atoms with Crippen molar-refractivity contribution in [2.75, 3.05) is 24.1 Å². The highest BCUT2D eigenvalue weighted by atomic mass is 35.5. The molecule has 0 heterocycles. The molecule has 10 heteroatoms. The van der Waals surface area contributed by atoms with Gasteiger partial charge < -0.3 is 9.47 Å². The fourth-order valence-corrected chi connectivity index (χ4v) is 5.20. The zero-order chi connectivity index (χ0) is 27.7. The van der Waals surface area contributed by atoms with Crippen molar-refractivity contribution in [1.82, 2.24) is 5.43 Å². The van der Waals surface area contributed by atoms with Gasteiger partial charge in [0.15, 0.2) is 11.5 Å². The molecule has 8 nitrogen and oxygen atoms in total. The monoisotopic (exact) mass is 557 g/mol. The maximum Gasteiger partial charge on any atom is 0.264 e.